The fraction of sp³-hybridized carbons (Fsp3) is 0.462. The van der Waals surface area contributed by atoms with Crippen molar-refractivity contribution in [2.24, 2.45) is 0 Å². The lowest BCUT2D eigenvalue weighted by Crippen LogP contribution is -3.00. The summed E-state index contributed by atoms with van der Waals surface area (Å²) in [5.41, 5.74) is 3.49. The maximum Gasteiger partial charge on any atom is 0.183 e. The van der Waals surface area contributed by atoms with E-state index < -0.39 is 0 Å². The van der Waals surface area contributed by atoms with Crippen LogP contribution in [0.3, 0.4) is 0 Å². The van der Waals surface area contributed by atoms with Gasteiger partial charge in [0.25, 0.3) is 0 Å². The lowest BCUT2D eigenvalue weighted by Gasteiger charge is -2.17. The zero-order chi connectivity index (χ0) is 11.7. The van der Waals surface area contributed by atoms with Gasteiger partial charge in [0.15, 0.2) is 17.2 Å². The topological polar surface area (TPSA) is 43.5 Å². The molecule has 0 spiro atoms. The summed E-state index contributed by atoms with van der Waals surface area (Å²) in [6.07, 6.45) is 3.02. The first kappa shape index (κ1) is 14.0. The van der Waals surface area contributed by atoms with Crippen LogP contribution in [0.4, 0.5) is 0 Å². The fourth-order valence-electron chi connectivity index (χ4n) is 2.29. The Morgan fingerprint density at radius 2 is 1.88 bits per heavy atom. The van der Waals surface area contributed by atoms with Crippen molar-refractivity contribution in [1.82, 2.24) is 0 Å². The third-order valence-electron chi connectivity index (χ3n) is 3.18. The largest absolute Gasteiger partial charge is 1.00 e. The van der Waals surface area contributed by atoms with Gasteiger partial charge in [0.2, 0.25) is 0 Å². The van der Waals surface area contributed by atoms with Gasteiger partial charge in [-0.15, -0.1) is 0 Å². The van der Waals surface area contributed by atoms with Gasteiger partial charge < -0.3 is 27.2 Å². The highest BCUT2D eigenvalue weighted by Crippen LogP contribution is 2.31. The summed E-state index contributed by atoms with van der Waals surface area (Å²) < 4.78 is 2.24. The summed E-state index contributed by atoms with van der Waals surface area (Å²) in [5, 5.41) is 19.1. The lowest BCUT2D eigenvalue weighted by atomic mass is 9.94. The summed E-state index contributed by atoms with van der Waals surface area (Å²) >= 11 is 0. The average molecular weight is 300 g/mol. The van der Waals surface area contributed by atoms with Gasteiger partial charge in [0.05, 0.1) is 0 Å². The molecule has 0 atom stereocenters. The van der Waals surface area contributed by atoms with E-state index in [1.54, 1.807) is 12.1 Å². The van der Waals surface area contributed by atoms with Crippen LogP contribution in [0, 0.1) is 0 Å². The molecule has 1 aromatic rings. The normalized spacial score (nSPS) is 14.2. The summed E-state index contributed by atoms with van der Waals surface area (Å²) in [6, 6.07) is 3.37. The molecule has 2 rings (SSSR count). The van der Waals surface area contributed by atoms with Gasteiger partial charge in [-0.3, -0.25) is 0 Å². The van der Waals surface area contributed by atoms with E-state index in [0.717, 1.165) is 36.9 Å². The van der Waals surface area contributed by atoms with E-state index in [4.69, 9.17) is 0 Å². The van der Waals surface area contributed by atoms with E-state index in [-0.39, 0.29) is 28.5 Å². The van der Waals surface area contributed by atoms with Crippen LogP contribution >= 0.6 is 0 Å². The Hall–Kier alpha value is -1.03. The number of aromatic hydroxyl groups is 2. The van der Waals surface area contributed by atoms with Crippen molar-refractivity contribution in [3.8, 4) is 11.5 Å². The summed E-state index contributed by atoms with van der Waals surface area (Å²) in [7, 11) is 2.08. The van der Waals surface area contributed by atoms with Crippen LogP contribution < -0.4 is 17.0 Å². The van der Waals surface area contributed by atoms with Crippen LogP contribution in [0.5, 0.6) is 11.5 Å². The van der Waals surface area contributed by atoms with Gasteiger partial charge in [-0.1, -0.05) is 6.92 Å². The van der Waals surface area contributed by atoms with Crippen molar-refractivity contribution in [1.29, 1.82) is 0 Å². The van der Waals surface area contributed by atoms with Gasteiger partial charge in [0.1, 0.15) is 13.6 Å². The summed E-state index contributed by atoms with van der Waals surface area (Å²) in [4.78, 5) is 0. The standard InChI is InChI=1S/C13H17NO2.BrH/c1-3-4-11-10-8-13(16)12(15)7-9(10)5-6-14(11)2;/h7-8,16H,3-6H2,1-2H3;1H. The van der Waals surface area contributed by atoms with E-state index in [1.807, 2.05) is 0 Å². The Balaban J connectivity index is 0.00000144. The molecule has 0 radical (unpaired) electrons. The second kappa shape index (κ2) is 5.54. The molecule has 2 N–H and O–H groups in total. The minimum Gasteiger partial charge on any atom is -1.00 e. The predicted octanol–water partition coefficient (Wildman–Crippen LogP) is -1.11. The summed E-state index contributed by atoms with van der Waals surface area (Å²) in [6.45, 7) is 3.13. The molecule has 0 unspecified atom stereocenters. The molecule has 1 aliphatic rings. The third-order valence-corrected chi connectivity index (χ3v) is 3.18. The van der Waals surface area contributed by atoms with Crippen molar-refractivity contribution in [3.05, 3.63) is 23.3 Å². The van der Waals surface area contributed by atoms with Gasteiger partial charge >= 0.3 is 0 Å². The van der Waals surface area contributed by atoms with Crippen LogP contribution in [0.15, 0.2) is 12.1 Å². The van der Waals surface area contributed by atoms with E-state index in [0.29, 0.717) is 0 Å². The number of hydrogen-bond acceptors (Lipinski definition) is 2. The minimum absolute atomic E-state index is 0. The zero-order valence-corrected chi connectivity index (χ0v) is 11.8. The molecule has 3 nitrogen and oxygen atoms in total. The molecule has 0 fully saturated rings. The Kier molecular flexibility index (Phi) is 4.57. The zero-order valence-electron chi connectivity index (χ0n) is 10.2. The molecular weight excluding hydrogens is 282 g/mol. The molecule has 1 heterocycles. The van der Waals surface area contributed by atoms with Crippen LogP contribution in [-0.2, 0) is 6.42 Å². The smallest absolute Gasteiger partial charge is 0.183 e. The molecule has 94 valence electrons. The maximum atomic E-state index is 9.57. The van der Waals surface area contributed by atoms with Gasteiger partial charge in [0, 0.05) is 18.4 Å². The monoisotopic (exact) mass is 299 g/mol. The second-order valence-electron chi connectivity index (χ2n) is 4.37. The van der Waals surface area contributed by atoms with Crippen LogP contribution in [0.25, 0.3) is 0 Å². The van der Waals surface area contributed by atoms with Gasteiger partial charge in [-0.25, -0.2) is 4.58 Å². The number of fused-ring (bicyclic) bond motifs is 1. The molecule has 0 saturated heterocycles. The molecule has 1 aromatic carbocycles. The number of benzene rings is 1. The molecule has 0 aliphatic carbocycles. The van der Waals surface area contributed by atoms with Crippen molar-refractivity contribution in [2.75, 3.05) is 13.6 Å². The first-order valence-electron chi connectivity index (χ1n) is 5.75. The lowest BCUT2D eigenvalue weighted by molar-refractivity contribution is -0.499. The first-order valence-corrected chi connectivity index (χ1v) is 5.75. The SMILES string of the molecule is CCCC1=[N+](C)CCc2cc(O)c(O)cc21.[Br-]. The second-order valence-corrected chi connectivity index (χ2v) is 4.37. The molecule has 0 aromatic heterocycles. The Morgan fingerprint density at radius 3 is 2.53 bits per heavy atom. The number of likely N-dealkylation sites (N-methyl/N-ethyl adjacent to an activating group) is 1. The van der Waals surface area contributed by atoms with Crippen molar-refractivity contribution in [2.45, 2.75) is 26.2 Å². The number of hydrogen-bond donors (Lipinski definition) is 2. The highest BCUT2D eigenvalue weighted by Gasteiger charge is 2.24. The van der Waals surface area contributed by atoms with Crippen molar-refractivity contribution < 1.29 is 31.8 Å². The van der Waals surface area contributed by atoms with Crippen LogP contribution in [0.2, 0.25) is 0 Å². The fourth-order valence-corrected chi connectivity index (χ4v) is 2.29. The van der Waals surface area contributed by atoms with Gasteiger partial charge in [-0.05, 0) is 24.1 Å². The maximum absolute atomic E-state index is 9.57. The number of rotatable bonds is 2. The molecule has 1 aliphatic heterocycles. The molecule has 0 amide bonds. The third kappa shape index (κ3) is 2.63. The van der Waals surface area contributed by atoms with E-state index in [9.17, 15) is 10.2 Å². The number of halogens is 1. The quantitative estimate of drug-likeness (QED) is 0.537. The molecule has 17 heavy (non-hydrogen) atoms. The van der Waals surface area contributed by atoms with E-state index in [2.05, 4.69) is 18.5 Å². The Morgan fingerprint density at radius 1 is 1.24 bits per heavy atom. The predicted molar refractivity (Wildman–Crippen MR) is 63.5 cm³/mol. The highest BCUT2D eigenvalue weighted by atomic mass is 79.9. The van der Waals surface area contributed by atoms with E-state index >= 15 is 0 Å². The molecule has 0 bridgehead atoms. The van der Waals surface area contributed by atoms with Crippen LogP contribution in [0.1, 0.15) is 30.9 Å². The number of nitrogens with zero attached hydrogens (tertiary/aromatic N) is 1. The minimum atomic E-state index is -0.0253. The average Bonchev–Trinajstić information content (AvgIpc) is 2.25. The number of phenols is 2. The Bertz CT molecular complexity index is 455. The Labute approximate surface area is 112 Å². The van der Waals surface area contributed by atoms with Crippen molar-refractivity contribution in [3.63, 3.8) is 0 Å². The van der Waals surface area contributed by atoms with Crippen LogP contribution in [-0.4, -0.2) is 34.1 Å². The van der Waals surface area contributed by atoms with Gasteiger partial charge in [-0.2, -0.15) is 0 Å². The van der Waals surface area contributed by atoms with E-state index in [1.165, 1.54) is 5.71 Å². The first-order chi connectivity index (χ1) is 7.63. The highest BCUT2D eigenvalue weighted by molar-refractivity contribution is 5.99. The van der Waals surface area contributed by atoms with Crippen molar-refractivity contribution >= 4 is 5.71 Å². The molecule has 4 heteroatoms. The summed E-state index contributed by atoms with van der Waals surface area (Å²) in [5.74, 6) is -0.0400. The molecule has 0 saturated carbocycles. The number of phenolic OH excluding ortho intramolecular Hbond substituents is 2. The molecular formula is C13H18BrNO2.